The first-order chi connectivity index (χ1) is 10.00. The fourth-order valence-corrected chi connectivity index (χ4v) is 6.27. The zero-order chi connectivity index (χ0) is 15.0. The highest BCUT2D eigenvalue weighted by atomic mass is 35.5. The van der Waals surface area contributed by atoms with E-state index >= 15 is 0 Å². The van der Waals surface area contributed by atoms with Crippen LogP contribution in [0.5, 0.6) is 0 Å². The van der Waals surface area contributed by atoms with E-state index in [0.717, 1.165) is 29.7 Å². The average Bonchev–Trinajstić information content (AvgIpc) is 3.07. The van der Waals surface area contributed by atoms with Gasteiger partial charge in [0.1, 0.15) is 0 Å². The first-order valence-electron chi connectivity index (χ1n) is 6.70. The molecule has 1 aromatic heterocycles. The SMILES string of the molecule is Cc1nc(Cl)sc1S(=O)(=O)N1CCCC1c1ccccc1. The van der Waals surface area contributed by atoms with Crippen molar-refractivity contribution in [1.82, 2.24) is 9.29 Å². The lowest BCUT2D eigenvalue weighted by atomic mass is 10.1. The van der Waals surface area contributed by atoms with Crippen LogP contribution in [-0.2, 0) is 10.0 Å². The molecule has 1 fully saturated rings. The molecule has 0 bridgehead atoms. The minimum Gasteiger partial charge on any atom is -0.229 e. The van der Waals surface area contributed by atoms with Crippen molar-refractivity contribution in [2.75, 3.05) is 6.54 Å². The molecule has 1 aliphatic heterocycles. The van der Waals surface area contributed by atoms with Crippen LogP contribution in [0.25, 0.3) is 0 Å². The van der Waals surface area contributed by atoms with E-state index < -0.39 is 10.0 Å². The lowest BCUT2D eigenvalue weighted by Crippen LogP contribution is -2.30. The lowest BCUT2D eigenvalue weighted by Gasteiger charge is -2.23. The van der Waals surface area contributed by atoms with Gasteiger partial charge in [-0.1, -0.05) is 53.3 Å². The first kappa shape index (κ1) is 15.0. The number of benzene rings is 1. The maximum atomic E-state index is 12.9. The van der Waals surface area contributed by atoms with Crippen LogP contribution in [0.4, 0.5) is 0 Å². The topological polar surface area (TPSA) is 50.3 Å². The lowest BCUT2D eigenvalue weighted by molar-refractivity contribution is 0.397. The number of hydrogen-bond donors (Lipinski definition) is 0. The number of rotatable bonds is 3. The molecule has 1 saturated heterocycles. The molecule has 21 heavy (non-hydrogen) atoms. The van der Waals surface area contributed by atoms with Gasteiger partial charge >= 0.3 is 0 Å². The zero-order valence-electron chi connectivity index (χ0n) is 11.5. The fraction of sp³-hybridized carbons (Fsp3) is 0.357. The van der Waals surface area contributed by atoms with Crippen LogP contribution in [0.15, 0.2) is 34.5 Å². The van der Waals surface area contributed by atoms with E-state index in [1.54, 1.807) is 11.2 Å². The molecule has 4 nitrogen and oxygen atoms in total. The highest BCUT2D eigenvalue weighted by Crippen LogP contribution is 2.39. The Morgan fingerprint density at radius 1 is 1.33 bits per heavy atom. The highest BCUT2D eigenvalue weighted by Gasteiger charge is 2.38. The number of aromatic nitrogens is 1. The number of halogens is 1. The largest absolute Gasteiger partial charge is 0.255 e. The van der Waals surface area contributed by atoms with Gasteiger partial charge < -0.3 is 0 Å². The first-order valence-corrected chi connectivity index (χ1v) is 9.33. The van der Waals surface area contributed by atoms with Crippen molar-refractivity contribution in [3.63, 3.8) is 0 Å². The molecule has 0 aliphatic carbocycles. The molecule has 0 spiro atoms. The van der Waals surface area contributed by atoms with Crippen molar-refractivity contribution in [1.29, 1.82) is 0 Å². The Hall–Kier alpha value is -0.950. The van der Waals surface area contributed by atoms with Crippen LogP contribution < -0.4 is 0 Å². The molecule has 112 valence electrons. The van der Waals surface area contributed by atoms with Gasteiger partial charge in [-0.05, 0) is 25.3 Å². The summed E-state index contributed by atoms with van der Waals surface area (Å²) in [6.07, 6.45) is 1.71. The van der Waals surface area contributed by atoms with Crippen molar-refractivity contribution in [2.45, 2.75) is 30.0 Å². The molecule has 7 heteroatoms. The Morgan fingerprint density at radius 2 is 2.05 bits per heavy atom. The maximum absolute atomic E-state index is 12.9. The Morgan fingerprint density at radius 3 is 2.67 bits per heavy atom. The van der Waals surface area contributed by atoms with E-state index in [4.69, 9.17) is 11.6 Å². The molecule has 1 unspecified atom stereocenters. The van der Waals surface area contributed by atoms with Crippen molar-refractivity contribution < 1.29 is 8.42 Å². The number of nitrogens with zero attached hydrogens (tertiary/aromatic N) is 2. The molecule has 0 N–H and O–H groups in total. The molecule has 1 atom stereocenters. The van der Waals surface area contributed by atoms with Gasteiger partial charge in [0, 0.05) is 6.54 Å². The Bertz CT molecular complexity index is 744. The van der Waals surface area contributed by atoms with E-state index in [9.17, 15) is 8.42 Å². The standard InChI is InChI=1S/C14H15ClN2O2S2/c1-10-13(20-14(15)16-10)21(18,19)17-9-5-8-12(17)11-6-3-2-4-7-11/h2-4,6-7,12H,5,8-9H2,1H3. The molecule has 3 rings (SSSR count). The van der Waals surface area contributed by atoms with Crippen LogP contribution in [0.3, 0.4) is 0 Å². The van der Waals surface area contributed by atoms with E-state index in [0.29, 0.717) is 12.2 Å². The van der Waals surface area contributed by atoms with E-state index in [2.05, 4.69) is 4.98 Å². The van der Waals surface area contributed by atoms with Crippen LogP contribution in [0.1, 0.15) is 30.1 Å². The zero-order valence-corrected chi connectivity index (χ0v) is 13.9. The molecular formula is C14H15ClN2O2S2. The van der Waals surface area contributed by atoms with Crippen molar-refractivity contribution in [3.05, 3.63) is 46.1 Å². The molecule has 0 saturated carbocycles. The van der Waals surface area contributed by atoms with Crippen LogP contribution in [0, 0.1) is 6.92 Å². The van der Waals surface area contributed by atoms with E-state index in [1.807, 2.05) is 30.3 Å². The predicted octanol–water partition coefficient (Wildman–Crippen LogP) is 3.63. The monoisotopic (exact) mass is 342 g/mol. The minimum absolute atomic E-state index is 0.100. The number of aryl methyl sites for hydroxylation is 1. The van der Waals surface area contributed by atoms with Gasteiger partial charge in [-0.3, -0.25) is 0 Å². The molecule has 1 aromatic carbocycles. The number of sulfonamides is 1. The summed E-state index contributed by atoms with van der Waals surface area (Å²) in [4.78, 5) is 4.02. The predicted molar refractivity (Wildman–Crippen MR) is 84.2 cm³/mol. The summed E-state index contributed by atoms with van der Waals surface area (Å²) < 4.78 is 27.9. The summed E-state index contributed by atoms with van der Waals surface area (Å²) in [5, 5.41) is 0. The summed E-state index contributed by atoms with van der Waals surface area (Å²) in [5.74, 6) is 0. The molecule has 0 radical (unpaired) electrons. The van der Waals surface area contributed by atoms with Crippen LogP contribution in [-0.4, -0.2) is 24.3 Å². The van der Waals surface area contributed by atoms with Gasteiger partial charge in [0.05, 0.1) is 11.7 Å². The summed E-state index contributed by atoms with van der Waals surface area (Å²) in [7, 11) is -3.54. The van der Waals surface area contributed by atoms with Gasteiger partial charge in [-0.25, -0.2) is 13.4 Å². The summed E-state index contributed by atoms with van der Waals surface area (Å²) in [6.45, 7) is 2.22. The number of hydrogen-bond acceptors (Lipinski definition) is 4. The van der Waals surface area contributed by atoms with E-state index in [1.165, 1.54) is 0 Å². The summed E-state index contributed by atoms with van der Waals surface area (Å²) >= 11 is 6.89. The average molecular weight is 343 g/mol. The molecular weight excluding hydrogens is 328 g/mol. The second-order valence-corrected chi connectivity index (χ2v) is 8.69. The Labute approximate surface area is 133 Å². The van der Waals surface area contributed by atoms with Gasteiger partial charge in [0.25, 0.3) is 10.0 Å². The minimum atomic E-state index is -3.54. The Balaban J connectivity index is 2.00. The molecule has 0 amide bonds. The van der Waals surface area contributed by atoms with Gasteiger partial charge in [-0.2, -0.15) is 4.31 Å². The van der Waals surface area contributed by atoms with Crippen molar-refractivity contribution in [2.24, 2.45) is 0 Å². The molecule has 1 aliphatic rings. The third-order valence-corrected chi connectivity index (χ3v) is 7.42. The number of thiazole rings is 1. The fourth-order valence-electron chi connectivity index (χ4n) is 2.73. The van der Waals surface area contributed by atoms with Gasteiger partial charge in [0.15, 0.2) is 8.68 Å². The summed E-state index contributed by atoms with van der Waals surface area (Å²) in [6, 6.07) is 9.66. The van der Waals surface area contributed by atoms with Crippen LogP contribution >= 0.6 is 22.9 Å². The molecule has 2 aromatic rings. The third-order valence-electron chi connectivity index (χ3n) is 3.66. The quantitative estimate of drug-likeness (QED) is 0.855. The van der Waals surface area contributed by atoms with Crippen molar-refractivity contribution >= 4 is 33.0 Å². The van der Waals surface area contributed by atoms with Crippen molar-refractivity contribution in [3.8, 4) is 0 Å². The smallest absolute Gasteiger partial charge is 0.229 e. The highest BCUT2D eigenvalue weighted by molar-refractivity contribution is 7.91. The van der Waals surface area contributed by atoms with Gasteiger partial charge in [-0.15, -0.1) is 0 Å². The second kappa shape index (κ2) is 5.68. The molecule has 2 heterocycles. The third kappa shape index (κ3) is 2.73. The van der Waals surface area contributed by atoms with Gasteiger partial charge in [0.2, 0.25) is 0 Å². The maximum Gasteiger partial charge on any atom is 0.255 e. The second-order valence-electron chi connectivity index (χ2n) is 5.02. The summed E-state index contributed by atoms with van der Waals surface area (Å²) in [5.41, 5.74) is 1.51. The normalized spacial score (nSPS) is 20.0. The Kier molecular flexibility index (Phi) is 4.05. The van der Waals surface area contributed by atoms with Crippen LogP contribution in [0.2, 0.25) is 4.47 Å². The van der Waals surface area contributed by atoms with E-state index in [-0.39, 0.29) is 14.7 Å².